The summed E-state index contributed by atoms with van der Waals surface area (Å²) in [6.07, 6.45) is 5.34. The van der Waals surface area contributed by atoms with E-state index in [1.165, 1.54) is 16.8 Å². The fraction of sp³-hybridized carbons (Fsp3) is 0.400. The van der Waals surface area contributed by atoms with Crippen LogP contribution in [-0.2, 0) is 10.0 Å². The summed E-state index contributed by atoms with van der Waals surface area (Å²) < 4.78 is 42.5. The first kappa shape index (κ1) is 16.1. The van der Waals surface area contributed by atoms with Gasteiger partial charge in [0.25, 0.3) is 0 Å². The van der Waals surface area contributed by atoms with Crippen LogP contribution in [0.5, 0.6) is 0 Å². The normalized spacial score (nSPS) is 16.5. The summed E-state index contributed by atoms with van der Waals surface area (Å²) >= 11 is 0. The fourth-order valence-electron chi connectivity index (χ4n) is 2.37. The first-order valence-corrected chi connectivity index (χ1v) is 8.91. The van der Waals surface area contributed by atoms with Crippen LogP contribution in [0.1, 0.15) is 18.4 Å². The Labute approximate surface area is 134 Å². The number of aryl methyl sites for hydroxylation is 1. The second-order valence-electron chi connectivity index (χ2n) is 5.93. The predicted octanol–water partition coefficient (Wildman–Crippen LogP) is 1.34. The van der Waals surface area contributed by atoms with E-state index in [9.17, 15) is 12.8 Å². The van der Waals surface area contributed by atoms with Gasteiger partial charge in [-0.2, -0.15) is 5.10 Å². The SMILES string of the molecule is Cc1cnn(-c2ccc(S(=O)(=O)NCC(N)C3CC3)cc2F)c1. The van der Waals surface area contributed by atoms with Crippen molar-refractivity contribution < 1.29 is 12.8 Å². The van der Waals surface area contributed by atoms with E-state index in [0.717, 1.165) is 24.5 Å². The molecular formula is C15H19FN4O2S. The van der Waals surface area contributed by atoms with Crippen LogP contribution in [0.4, 0.5) is 4.39 Å². The summed E-state index contributed by atoms with van der Waals surface area (Å²) in [5.41, 5.74) is 6.97. The fourth-order valence-corrected chi connectivity index (χ4v) is 3.45. The molecule has 0 radical (unpaired) electrons. The molecule has 1 fully saturated rings. The molecule has 124 valence electrons. The molecule has 0 bridgehead atoms. The van der Waals surface area contributed by atoms with Gasteiger partial charge in [0.15, 0.2) is 0 Å². The van der Waals surface area contributed by atoms with Crippen molar-refractivity contribution in [3.8, 4) is 5.69 Å². The highest BCUT2D eigenvalue weighted by molar-refractivity contribution is 7.89. The summed E-state index contributed by atoms with van der Waals surface area (Å²) in [6.45, 7) is 2.00. The quantitative estimate of drug-likeness (QED) is 0.831. The molecule has 0 saturated heterocycles. The van der Waals surface area contributed by atoms with Crippen molar-refractivity contribution in [3.05, 3.63) is 42.0 Å². The Morgan fingerprint density at radius 3 is 2.78 bits per heavy atom. The van der Waals surface area contributed by atoms with Gasteiger partial charge in [-0.15, -0.1) is 0 Å². The number of nitrogens with two attached hydrogens (primary N) is 1. The minimum atomic E-state index is -3.78. The van der Waals surface area contributed by atoms with Gasteiger partial charge in [-0.25, -0.2) is 22.2 Å². The average Bonchev–Trinajstić information content (AvgIpc) is 3.27. The second kappa shape index (κ2) is 6.03. The van der Waals surface area contributed by atoms with Gasteiger partial charge in [-0.3, -0.25) is 0 Å². The average molecular weight is 338 g/mol. The number of nitrogens with zero attached hydrogens (tertiary/aromatic N) is 2. The Bertz CT molecular complexity index is 815. The largest absolute Gasteiger partial charge is 0.326 e. The van der Waals surface area contributed by atoms with Gasteiger partial charge in [-0.1, -0.05) is 0 Å². The molecule has 1 unspecified atom stereocenters. The summed E-state index contributed by atoms with van der Waals surface area (Å²) in [4.78, 5) is -0.120. The standard InChI is InChI=1S/C15H19FN4O2S/c1-10-7-18-20(9-10)15-5-4-12(6-13(15)16)23(21,22)19-8-14(17)11-2-3-11/h4-7,9,11,14,19H,2-3,8,17H2,1H3. The van der Waals surface area contributed by atoms with Crippen molar-refractivity contribution in [1.29, 1.82) is 0 Å². The van der Waals surface area contributed by atoms with E-state index in [0.29, 0.717) is 5.92 Å². The molecule has 1 aliphatic rings. The summed E-state index contributed by atoms with van der Waals surface area (Å²) in [6, 6.07) is 3.57. The molecule has 1 atom stereocenters. The summed E-state index contributed by atoms with van der Waals surface area (Å²) in [7, 11) is -3.78. The molecule has 8 heteroatoms. The molecule has 0 aliphatic heterocycles. The maximum Gasteiger partial charge on any atom is 0.240 e. The number of aromatic nitrogens is 2. The number of sulfonamides is 1. The van der Waals surface area contributed by atoms with Gasteiger partial charge in [0.1, 0.15) is 11.5 Å². The zero-order valence-electron chi connectivity index (χ0n) is 12.7. The Kier molecular flexibility index (Phi) is 4.22. The van der Waals surface area contributed by atoms with E-state index in [1.54, 1.807) is 12.4 Å². The highest BCUT2D eigenvalue weighted by atomic mass is 32.2. The number of rotatable bonds is 6. The lowest BCUT2D eigenvalue weighted by Crippen LogP contribution is -2.38. The van der Waals surface area contributed by atoms with E-state index in [-0.39, 0.29) is 23.2 Å². The van der Waals surface area contributed by atoms with Gasteiger partial charge in [0, 0.05) is 18.8 Å². The lowest BCUT2D eigenvalue weighted by molar-refractivity contribution is 0.546. The molecule has 1 aromatic carbocycles. The van der Waals surface area contributed by atoms with E-state index in [4.69, 9.17) is 5.73 Å². The first-order valence-electron chi connectivity index (χ1n) is 7.43. The van der Waals surface area contributed by atoms with Crippen LogP contribution in [0, 0.1) is 18.7 Å². The summed E-state index contributed by atoms with van der Waals surface area (Å²) in [5, 5.41) is 4.02. The first-order chi connectivity index (χ1) is 10.9. The molecule has 1 heterocycles. The van der Waals surface area contributed by atoms with Crippen LogP contribution in [0.15, 0.2) is 35.5 Å². The monoisotopic (exact) mass is 338 g/mol. The third kappa shape index (κ3) is 3.60. The lowest BCUT2D eigenvalue weighted by Gasteiger charge is -2.12. The molecule has 1 aromatic heterocycles. The van der Waals surface area contributed by atoms with Crippen molar-refractivity contribution in [1.82, 2.24) is 14.5 Å². The highest BCUT2D eigenvalue weighted by Gasteiger charge is 2.29. The van der Waals surface area contributed by atoms with Gasteiger partial charge < -0.3 is 5.73 Å². The second-order valence-corrected chi connectivity index (χ2v) is 7.70. The zero-order valence-corrected chi connectivity index (χ0v) is 13.6. The van der Waals surface area contributed by atoms with Crippen LogP contribution < -0.4 is 10.5 Å². The number of benzene rings is 1. The van der Waals surface area contributed by atoms with Crippen LogP contribution >= 0.6 is 0 Å². The van der Waals surface area contributed by atoms with Gasteiger partial charge in [0.05, 0.1) is 11.1 Å². The highest BCUT2D eigenvalue weighted by Crippen LogP contribution is 2.31. The van der Waals surface area contributed by atoms with Gasteiger partial charge in [0.2, 0.25) is 10.0 Å². The van der Waals surface area contributed by atoms with Crippen molar-refractivity contribution in [2.45, 2.75) is 30.7 Å². The molecular weight excluding hydrogens is 319 g/mol. The van der Waals surface area contributed by atoms with Crippen molar-refractivity contribution >= 4 is 10.0 Å². The van der Waals surface area contributed by atoms with E-state index in [2.05, 4.69) is 9.82 Å². The van der Waals surface area contributed by atoms with E-state index >= 15 is 0 Å². The number of nitrogens with one attached hydrogen (secondary N) is 1. The predicted molar refractivity (Wildman–Crippen MR) is 84.1 cm³/mol. The third-order valence-electron chi connectivity index (χ3n) is 3.92. The van der Waals surface area contributed by atoms with E-state index in [1.807, 2.05) is 6.92 Å². The van der Waals surface area contributed by atoms with Crippen molar-refractivity contribution in [2.75, 3.05) is 6.54 Å². The Hall–Kier alpha value is -1.77. The minimum Gasteiger partial charge on any atom is -0.326 e. The van der Waals surface area contributed by atoms with Crippen molar-refractivity contribution in [3.63, 3.8) is 0 Å². The maximum absolute atomic E-state index is 14.2. The lowest BCUT2D eigenvalue weighted by atomic mass is 10.2. The maximum atomic E-state index is 14.2. The molecule has 0 spiro atoms. The van der Waals surface area contributed by atoms with Crippen LogP contribution in [0.3, 0.4) is 0 Å². The molecule has 3 rings (SSSR count). The van der Waals surface area contributed by atoms with Gasteiger partial charge >= 0.3 is 0 Å². The van der Waals surface area contributed by atoms with Crippen LogP contribution in [0.2, 0.25) is 0 Å². The van der Waals surface area contributed by atoms with E-state index < -0.39 is 15.8 Å². The Balaban J connectivity index is 1.78. The number of hydrogen-bond donors (Lipinski definition) is 2. The Morgan fingerprint density at radius 2 is 2.22 bits per heavy atom. The smallest absolute Gasteiger partial charge is 0.240 e. The minimum absolute atomic E-state index is 0.120. The van der Waals surface area contributed by atoms with Crippen LogP contribution in [0.25, 0.3) is 5.69 Å². The Morgan fingerprint density at radius 1 is 1.48 bits per heavy atom. The molecule has 2 aromatic rings. The molecule has 1 aliphatic carbocycles. The number of hydrogen-bond acceptors (Lipinski definition) is 4. The molecule has 0 amide bonds. The molecule has 1 saturated carbocycles. The summed E-state index contributed by atoms with van der Waals surface area (Å²) in [5.74, 6) is -0.262. The third-order valence-corrected chi connectivity index (χ3v) is 5.35. The van der Waals surface area contributed by atoms with Crippen LogP contribution in [-0.4, -0.2) is 30.8 Å². The number of halogens is 1. The topological polar surface area (TPSA) is 90.0 Å². The zero-order chi connectivity index (χ0) is 16.6. The molecule has 23 heavy (non-hydrogen) atoms. The van der Waals surface area contributed by atoms with Crippen molar-refractivity contribution in [2.24, 2.45) is 11.7 Å². The molecule has 3 N–H and O–H groups in total. The van der Waals surface area contributed by atoms with Gasteiger partial charge in [-0.05, 0) is 49.4 Å². The molecule has 6 nitrogen and oxygen atoms in total.